The van der Waals surface area contributed by atoms with Crippen LogP contribution in [0, 0.1) is 0 Å². The van der Waals surface area contributed by atoms with Crippen LogP contribution in [0.3, 0.4) is 0 Å². The number of hydrogen-bond acceptors (Lipinski definition) is 3. The van der Waals surface area contributed by atoms with Crippen LogP contribution in [0.1, 0.15) is 5.56 Å². The summed E-state index contributed by atoms with van der Waals surface area (Å²) < 4.78 is 0. The van der Waals surface area contributed by atoms with Crippen molar-refractivity contribution < 1.29 is 0 Å². The molecule has 0 fully saturated rings. The summed E-state index contributed by atoms with van der Waals surface area (Å²) in [6.07, 6.45) is 5.27. The fraction of sp³-hybridized carbons (Fsp3) is 0.125. The number of nitrogens with two attached hydrogens (primary N) is 2. The van der Waals surface area contributed by atoms with Gasteiger partial charge in [-0.2, -0.15) is 0 Å². The van der Waals surface area contributed by atoms with Gasteiger partial charge in [-0.25, -0.2) is 0 Å². The zero-order valence-corrected chi connectivity index (χ0v) is 6.20. The van der Waals surface area contributed by atoms with Gasteiger partial charge in [-0.15, -0.1) is 0 Å². The van der Waals surface area contributed by atoms with Gasteiger partial charge in [0.1, 0.15) is 0 Å². The molecule has 0 saturated carbocycles. The third-order valence-corrected chi connectivity index (χ3v) is 1.27. The van der Waals surface area contributed by atoms with Gasteiger partial charge >= 0.3 is 0 Å². The molecule has 0 atom stereocenters. The molecule has 3 nitrogen and oxygen atoms in total. The van der Waals surface area contributed by atoms with Crippen LogP contribution < -0.4 is 11.5 Å². The highest BCUT2D eigenvalue weighted by molar-refractivity contribution is 5.50. The molecule has 1 aromatic rings. The highest BCUT2D eigenvalue weighted by Crippen LogP contribution is 1.99. The number of hydrogen-bond donors (Lipinski definition) is 2. The summed E-state index contributed by atoms with van der Waals surface area (Å²) >= 11 is 0. The second kappa shape index (κ2) is 3.73. The first-order valence-electron chi connectivity index (χ1n) is 3.39. The standard InChI is InChI=1S/C8H11N3/c9-5-8(10)4-7-2-1-3-11-6-7/h1-4,6H,5,9-10H2/b8-4-. The molecule has 0 spiro atoms. The Morgan fingerprint density at radius 2 is 2.45 bits per heavy atom. The Morgan fingerprint density at radius 3 is 3.00 bits per heavy atom. The Morgan fingerprint density at radius 1 is 1.64 bits per heavy atom. The van der Waals surface area contributed by atoms with Crippen LogP contribution >= 0.6 is 0 Å². The van der Waals surface area contributed by atoms with E-state index in [0.717, 1.165) is 5.56 Å². The van der Waals surface area contributed by atoms with Crippen molar-refractivity contribution in [3.05, 3.63) is 35.8 Å². The Balaban J connectivity index is 2.79. The maximum Gasteiger partial charge on any atom is 0.0340 e. The van der Waals surface area contributed by atoms with Crippen LogP contribution in [0.15, 0.2) is 30.2 Å². The SMILES string of the molecule is NC/C(N)=C/c1cccnc1. The van der Waals surface area contributed by atoms with E-state index >= 15 is 0 Å². The molecular weight excluding hydrogens is 138 g/mol. The summed E-state index contributed by atoms with van der Waals surface area (Å²) in [5, 5.41) is 0. The van der Waals surface area contributed by atoms with E-state index in [1.165, 1.54) is 0 Å². The zero-order valence-electron chi connectivity index (χ0n) is 6.20. The molecule has 0 aliphatic carbocycles. The first kappa shape index (κ1) is 7.75. The minimum atomic E-state index is 0.384. The average molecular weight is 149 g/mol. The van der Waals surface area contributed by atoms with Crippen molar-refractivity contribution in [1.82, 2.24) is 4.98 Å². The molecule has 1 heterocycles. The first-order chi connectivity index (χ1) is 5.33. The zero-order chi connectivity index (χ0) is 8.10. The number of pyridine rings is 1. The third-order valence-electron chi connectivity index (χ3n) is 1.27. The highest BCUT2D eigenvalue weighted by Gasteiger charge is 1.87. The second-order valence-electron chi connectivity index (χ2n) is 2.21. The quantitative estimate of drug-likeness (QED) is 0.637. The minimum absolute atomic E-state index is 0.384. The van der Waals surface area contributed by atoms with E-state index in [0.29, 0.717) is 12.2 Å². The largest absolute Gasteiger partial charge is 0.401 e. The van der Waals surface area contributed by atoms with E-state index in [-0.39, 0.29) is 0 Å². The first-order valence-corrected chi connectivity index (χ1v) is 3.39. The number of rotatable bonds is 2. The maximum absolute atomic E-state index is 5.51. The Hall–Kier alpha value is -1.35. The predicted molar refractivity (Wildman–Crippen MR) is 45.5 cm³/mol. The molecule has 1 rings (SSSR count). The van der Waals surface area contributed by atoms with Crippen molar-refractivity contribution in [2.75, 3.05) is 6.54 Å². The van der Waals surface area contributed by atoms with Crippen LogP contribution in [0.25, 0.3) is 6.08 Å². The summed E-state index contributed by atoms with van der Waals surface area (Å²) in [6.45, 7) is 0.384. The van der Waals surface area contributed by atoms with Gasteiger partial charge in [0.15, 0.2) is 0 Å². The molecule has 0 aromatic carbocycles. The van der Waals surface area contributed by atoms with E-state index in [9.17, 15) is 0 Å². The molecule has 0 radical (unpaired) electrons. The Kier molecular flexibility index (Phi) is 2.63. The summed E-state index contributed by atoms with van der Waals surface area (Å²) in [6, 6.07) is 3.78. The van der Waals surface area contributed by atoms with Crippen LogP contribution in [-0.2, 0) is 0 Å². The lowest BCUT2D eigenvalue weighted by molar-refractivity contribution is 1.12. The van der Waals surface area contributed by atoms with Crippen LogP contribution in [0.2, 0.25) is 0 Å². The van der Waals surface area contributed by atoms with Crippen molar-refractivity contribution in [1.29, 1.82) is 0 Å². The lowest BCUT2D eigenvalue weighted by atomic mass is 10.2. The van der Waals surface area contributed by atoms with E-state index in [2.05, 4.69) is 4.98 Å². The minimum Gasteiger partial charge on any atom is -0.401 e. The third kappa shape index (κ3) is 2.39. The van der Waals surface area contributed by atoms with Gasteiger partial charge in [0.25, 0.3) is 0 Å². The molecule has 0 unspecified atom stereocenters. The molecule has 58 valence electrons. The molecule has 4 N–H and O–H groups in total. The molecular formula is C8H11N3. The van der Waals surface area contributed by atoms with Gasteiger partial charge in [-0.3, -0.25) is 4.98 Å². The van der Waals surface area contributed by atoms with Crippen LogP contribution in [0.4, 0.5) is 0 Å². The molecule has 0 aliphatic heterocycles. The molecule has 0 bridgehead atoms. The topological polar surface area (TPSA) is 64.9 Å². The van der Waals surface area contributed by atoms with Gasteiger partial charge in [0.2, 0.25) is 0 Å². The fourth-order valence-electron chi connectivity index (χ4n) is 0.734. The molecule has 11 heavy (non-hydrogen) atoms. The van der Waals surface area contributed by atoms with Gasteiger partial charge in [-0.05, 0) is 17.7 Å². The lowest BCUT2D eigenvalue weighted by Crippen LogP contribution is -2.10. The summed E-state index contributed by atoms with van der Waals surface area (Å²) in [5.74, 6) is 0. The Labute approximate surface area is 65.7 Å². The van der Waals surface area contributed by atoms with Crippen molar-refractivity contribution in [3.63, 3.8) is 0 Å². The molecule has 0 amide bonds. The van der Waals surface area contributed by atoms with E-state index in [1.807, 2.05) is 18.2 Å². The smallest absolute Gasteiger partial charge is 0.0340 e. The van der Waals surface area contributed by atoms with E-state index < -0.39 is 0 Å². The van der Waals surface area contributed by atoms with Crippen molar-refractivity contribution >= 4 is 6.08 Å². The predicted octanol–water partition coefficient (Wildman–Crippen LogP) is 0.340. The normalized spacial score (nSPS) is 11.5. The van der Waals surface area contributed by atoms with Crippen molar-refractivity contribution in [3.8, 4) is 0 Å². The summed E-state index contributed by atoms with van der Waals surface area (Å²) in [4.78, 5) is 3.93. The highest BCUT2D eigenvalue weighted by atomic mass is 14.7. The Bertz CT molecular complexity index is 241. The molecule has 3 heteroatoms. The van der Waals surface area contributed by atoms with Gasteiger partial charge in [0, 0.05) is 24.6 Å². The molecule has 0 saturated heterocycles. The number of aromatic nitrogens is 1. The van der Waals surface area contributed by atoms with E-state index in [4.69, 9.17) is 11.5 Å². The monoisotopic (exact) mass is 149 g/mol. The summed E-state index contributed by atoms with van der Waals surface area (Å²) in [7, 11) is 0. The van der Waals surface area contributed by atoms with Crippen LogP contribution in [0.5, 0.6) is 0 Å². The summed E-state index contributed by atoms with van der Waals surface area (Å²) in [5.41, 5.74) is 12.5. The second-order valence-corrected chi connectivity index (χ2v) is 2.21. The maximum atomic E-state index is 5.51. The van der Waals surface area contributed by atoms with Gasteiger partial charge in [-0.1, -0.05) is 6.07 Å². The van der Waals surface area contributed by atoms with Crippen molar-refractivity contribution in [2.45, 2.75) is 0 Å². The fourth-order valence-corrected chi connectivity index (χ4v) is 0.734. The van der Waals surface area contributed by atoms with E-state index in [1.54, 1.807) is 12.4 Å². The van der Waals surface area contributed by atoms with Gasteiger partial charge < -0.3 is 11.5 Å². The molecule has 1 aromatic heterocycles. The lowest BCUT2D eigenvalue weighted by Gasteiger charge is -1.94. The van der Waals surface area contributed by atoms with Crippen molar-refractivity contribution in [2.24, 2.45) is 11.5 Å². The average Bonchev–Trinajstić information content (AvgIpc) is 2.06. The molecule has 0 aliphatic rings. The van der Waals surface area contributed by atoms with Gasteiger partial charge in [0.05, 0.1) is 0 Å². The van der Waals surface area contributed by atoms with Crippen LogP contribution in [-0.4, -0.2) is 11.5 Å². The number of nitrogens with zero attached hydrogens (tertiary/aromatic N) is 1.